The number of benzene rings is 2. The number of hydrazone groups is 1. The lowest BCUT2D eigenvalue weighted by Gasteiger charge is -2.39. The zero-order valence-electron chi connectivity index (χ0n) is 17.9. The summed E-state index contributed by atoms with van der Waals surface area (Å²) in [5.74, 6) is 2.17. The third kappa shape index (κ3) is 3.38. The van der Waals surface area contributed by atoms with Crippen molar-refractivity contribution in [2.45, 2.75) is 38.8 Å². The Morgan fingerprint density at radius 1 is 1.23 bits per heavy atom. The SMILES string of the molecule is C[C@@H]1CNCC[C@@H]1c1cc2c(cc1-c1ccccc1CO)OCC1=NNC(=O)[C@@H](C)N12. The van der Waals surface area contributed by atoms with Crippen molar-refractivity contribution in [3.05, 3.63) is 47.5 Å². The molecule has 0 unspecified atom stereocenters. The number of anilines is 1. The van der Waals surface area contributed by atoms with Gasteiger partial charge < -0.3 is 20.1 Å². The molecule has 0 aliphatic carbocycles. The van der Waals surface area contributed by atoms with Crippen LogP contribution in [0.1, 0.15) is 37.3 Å². The molecule has 7 nitrogen and oxygen atoms in total. The summed E-state index contributed by atoms with van der Waals surface area (Å²) < 4.78 is 6.08. The molecule has 0 spiro atoms. The van der Waals surface area contributed by atoms with Gasteiger partial charge >= 0.3 is 0 Å². The molecule has 3 atom stereocenters. The lowest BCUT2D eigenvalue weighted by Crippen LogP contribution is -2.55. The first-order valence-corrected chi connectivity index (χ1v) is 10.9. The number of ether oxygens (including phenoxy) is 1. The molecule has 7 heteroatoms. The van der Waals surface area contributed by atoms with E-state index in [-0.39, 0.29) is 18.6 Å². The van der Waals surface area contributed by atoms with Crippen molar-refractivity contribution in [3.63, 3.8) is 0 Å². The molecule has 162 valence electrons. The molecule has 0 saturated carbocycles. The van der Waals surface area contributed by atoms with Crippen LogP contribution in [0.5, 0.6) is 5.75 Å². The molecule has 1 saturated heterocycles. The highest BCUT2D eigenvalue weighted by molar-refractivity contribution is 6.09. The number of hydrogen-bond donors (Lipinski definition) is 3. The van der Waals surface area contributed by atoms with Gasteiger partial charge in [0.1, 0.15) is 18.4 Å². The fraction of sp³-hybridized carbons (Fsp3) is 0.417. The van der Waals surface area contributed by atoms with Gasteiger partial charge in [0.15, 0.2) is 5.84 Å². The van der Waals surface area contributed by atoms with Crippen LogP contribution in [0.15, 0.2) is 41.5 Å². The Bertz CT molecular complexity index is 1050. The molecule has 2 aromatic rings. The molecule has 3 aliphatic heterocycles. The second kappa shape index (κ2) is 7.98. The van der Waals surface area contributed by atoms with Crippen LogP contribution in [0, 0.1) is 5.92 Å². The Kier molecular flexibility index (Phi) is 5.16. The number of fused-ring (bicyclic) bond motifs is 3. The van der Waals surface area contributed by atoms with Crippen LogP contribution in [0.2, 0.25) is 0 Å². The van der Waals surface area contributed by atoms with Gasteiger partial charge in [-0.15, -0.1) is 0 Å². The lowest BCUT2D eigenvalue weighted by molar-refractivity contribution is -0.122. The summed E-state index contributed by atoms with van der Waals surface area (Å²) >= 11 is 0. The molecular weight excluding hydrogens is 392 g/mol. The Morgan fingerprint density at radius 2 is 2.06 bits per heavy atom. The van der Waals surface area contributed by atoms with Crippen LogP contribution >= 0.6 is 0 Å². The average Bonchev–Trinajstić information content (AvgIpc) is 2.80. The highest BCUT2D eigenvalue weighted by Crippen LogP contribution is 2.45. The smallest absolute Gasteiger partial charge is 0.262 e. The molecule has 0 bridgehead atoms. The zero-order valence-corrected chi connectivity index (χ0v) is 17.9. The summed E-state index contributed by atoms with van der Waals surface area (Å²) in [6, 6.07) is 11.9. The van der Waals surface area contributed by atoms with E-state index in [1.807, 2.05) is 30.0 Å². The number of piperidine rings is 1. The summed E-state index contributed by atoms with van der Waals surface area (Å²) in [5, 5.41) is 17.7. The predicted molar refractivity (Wildman–Crippen MR) is 120 cm³/mol. The molecular formula is C24H28N4O3. The van der Waals surface area contributed by atoms with Crippen LogP contribution < -0.4 is 20.4 Å². The fourth-order valence-corrected chi connectivity index (χ4v) is 5.02. The summed E-state index contributed by atoms with van der Waals surface area (Å²) in [4.78, 5) is 14.3. The van der Waals surface area contributed by atoms with Gasteiger partial charge in [0, 0.05) is 0 Å². The van der Waals surface area contributed by atoms with Gasteiger partial charge in [-0.25, -0.2) is 5.43 Å². The van der Waals surface area contributed by atoms with Crippen LogP contribution in [0.3, 0.4) is 0 Å². The number of rotatable bonds is 3. The number of carbonyl (C=O) groups is 1. The van der Waals surface area contributed by atoms with E-state index in [0.29, 0.717) is 24.3 Å². The van der Waals surface area contributed by atoms with Crippen LogP contribution in [-0.4, -0.2) is 42.6 Å². The Morgan fingerprint density at radius 3 is 2.87 bits per heavy atom. The third-order valence-corrected chi connectivity index (χ3v) is 6.75. The number of aliphatic hydroxyl groups is 1. The molecule has 3 heterocycles. The van der Waals surface area contributed by atoms with Crippen LogP contribution in [0.25, 0.3) is 11.1 Å². The number of aliphatic hydroxyl groups excluding tert-OH is 1. The van der Waals surface area contributed by atoms with E-state index in [4.69, 9.17) is 4.74 Å². The third-order valence-electron chi connectivity index (χ3n) is 6.75. The fourth-order valence-electron chi connectivity index (χ4n) is 5.02. The Balaban J connectivity index is 1.72. The van der Waals surface area contributed by atoms with Gasteiger partial charge in [-0.3, -0.25) is 4.79 Å². The standard InChI is InChI=1S/C24H28N4O3/c1-14-11-25-8-7-17(14)19-9-21-22(10-20(19)18-6-4-3-5-16(18)12-29)31-13-23-26-27-24(30)15(2)28(21)23/h3-6,9-10,14-15,17,25,29H,7-8,11-13H2,1-2H3,(H,27,30)/t14-,15-,17+/m1/s1. The minimum Gasteiger partial charge on any atom is -0.483 e. The maximum atomic E-state index is 12.3. The van der Waals surface area contributed by atoms with E-state index in [2.05, 4.69) is 41.0 Å². The quantitative estimate of drug-likeness (QED) is 0.711. The monoisotopic (exact) mass is 420 g/mol. The normalized spacial score (nSPS) is 25.1. The average molecular weight is 421 g/mol. The summed E-state index contributed by atoms with van der Waals surface area (Å²) in [7, 11) is 0. The number of hydrogen-bond acceptors (Lipinski definition) is 6. The highest BCUT2D eigenvalue weighted by atomic mass is 16.5. The van der Waals surface area contributed by atoms with Gasteiger partial charge in [0.2, 0.25) is 0 Å². The predicted octanol–water partition coefficient (Wildman–Crippen LogP) is 2.59. The first-order chi connectivity index (χ1) is 15.1. The second-order valence-electron chi connectivity index (χ2n) is 8.64. The van der Waals surface area contributed by atoms with Crippen LogP contribution in [-0.2, 0) is 11.4 Å². The van der Waals surface area contributed by atoms with Crippen molar-refractivity contribution < 1.29 is 14.6 Å². The number of nitrogens with one attached hydrogen (secondary N) is 2. The number of carbonyl (C=O) groups excluding carboxylic acids is 1. The van der Waals surface area contributed by atoms with E-state index in [9.17, 15) is 9.90 Å². The van der Waals surface area contributed by atoms with Gasteiger partial charge in [0.25, 0.3) is 5.91 Å². The maximum absolute atomic E-state index is 12.3. The van der Waals surface area contributed by atoms with Gasteiger partial charge in [-0.2, -0.15) is 5.10 Å². The Labute approximate surface area is 182 Å². The number of nitrogens with zero attached hydrogens (tertiary/aromatic N) is 2. The molecule has 1 amide bonds. The summed E-state index contributed by atoms with van der Waals surface area (Å²) in [6.07, 6.45) is 1.03. The molecule has 3 aliphatic rings. The summed E-state index contributed by atoms with van der Waals surface area (Å²) in [6.45, 7) is 6.39. The number of amidine groups is 1. The van der Waals surface area contributed by atoms with E-state index in [0.717, 1.165) is 47.6 Å². The molecule has 31 heavy (non-hydrogen) atoms. The largest absolute Gasteiger partial charge is 0.483 e. The van der Waals surface area contributed by atoms with Gasteiger partial charge in [-0.1, -0.05) is 31.2 Å². The van der Waals surface area contributed by atoms with Gasteiger partial charge in [0.05, 0.1) is 12.3 Å². The lowest BCUT2D eigenvalue weighted by atomic mass is 9.78. The molecule has 0 radical (unpaired) electrons. The minimum absolute atomic E-state index is 0.0184. The summed E-state index contributed by atoms with van der Waals surface area (Å²) in [5.41, 5.74) is 7.73. The number of amides is 1. The second-order valence-corrected chi connectivity index (χ2v) is 8.64. The van der Waals surface area contributed by atoms with Crippen molar-refractivity contribution in [1.82, 2.24) is 10.7 Å². The van der Waals surface area contributed by atoms with Crippen molar-refractivity contribution in [2.24, 2.45) is 11.0 Å². The molecule has 3 N–H and O–H groups in total. The van der Waals surface area contributed by atoms with E-state index >= 15 is 0 Å². The van der Waals surface area contributed by atoms with E-state index in [1.165, 1.54) is 5.56 Å². The molecule has 2 aromatic carbocycles. The first-order valence-electron chi connectivity index (χ1n) is 10.9. The van der Waals surface area contributed by atoms with Crippen LogP contribution in [0.4, 0.5) is 5.69 Å². The Hall–Kier alpha value is -2.90. The molecule has 1 fully saturated rings. The van der Waals surface area contributed by atoms with Crippen molar-refractivity contribution >= 4 is 17.4 Å². The van der Waals surface area contributed by atoms with Crippen molar-refractivity contribution in [1.29, 1.82) is 0 Å². The first kappa shape index (κ1) is 20.0. The topological polar surface area (TPSA) is 86.2 Å². The molecule has 0 aromatic heterocycles. The minimum atomic E-state index is -0.357. The van der Waals surface area contributed by atoms with Gasteiger partial charge in [-0.05, 0) is 72.7 Å². The van der Waals surface area contributed by atoms with E-state index in [1.54, 1.807) is 0 Å². The van der Waals surface area contributed by atoms with Crippen molar-refractivity contribution in [3.8, 4) is 16.9 Å². The zero-order chi connectivity index (χ0) is 21.5. The van der Waals surface area contributed by atoms with Crippen molar-refractivity contribution in [2.75, 3.05) is 24.6 Å². The van der Waals surface area contributed by atoms with E-state index < -0.39 is 0 Å². The maximum Gasteiger partial charge on any atom is 0.262 e. The highest BCUT2D eigenvalue weighted by Gasteiger charge is 2.37. The molecule has 5 rings (SSSR count).